The monoisotopic (exact) mass is 422 g/mol. The fourth-order valence-electron chi connectivity index (χ4n) is 4.46. The quantitative estimate of drug-likeness (QED) is 0.190. The normalized spacial score (nSPS) is 13.9. The van der Waals surface area contributed by atoms with Crippen LogP contribution in [0.5, 0.6) is 0 Å². The van der Waals surface area contributed by atoms with Gasteiger partial charge >= 0.3 is 0 Å². The molecule has 0 unspecified atom stereocenters. The van der Waals surface area contributed by atoms with E-state index in [1.165, 1.54) is 121 Å². The second-order valence-electron chi connectivity index (χ2n) is 9.23. The first-order valence-electron chi connectivity index (χ1n) is 13.6. The number of rotatable bonds is 23. The highest BCUT2D eigenvalue weighted by Gasteiger charge is 2.15. The number of hydrogen-bond donors (Lipinski definition) is 2. The minimum absolute atomic E-state index is 0.722. The third-order valence-corrected chi connectivity index (χ3v) is 6.41. The molecule has 1 rings (SSSR count). The molecule has 1 heterocycles. The lowest BCUT2D eigenvalue weighted by Crippen LogP contribution is -2.36. The molecule has 1 aliphatic heterocycles. The van der Waals surface area contributed by atoms with E-state index in [0.29, 0.717) is 0 Å². The summed E-state index contributed by atoms with van der Waals surface area (Å²) in [7, 11) is 0. The van der Waals surface area contributed by atoms with Gasteiger partial charge in [0.15, 0.2) is 0 Å². The molecule has 4 heteroatoms. The highest BCUT2D eigenvalue weighted by Crippen LogP contribution is 2.15. The van der Waals surface area contributed by atoms with Gasteiger partial charge in [0.05, 0.1) is 12.4 Å². The van der Waals surface area contributed by atoms with Crippen LogP contribution >= 0.6 is 0 Å². The number of amidine groups is 1. The van der Waals surface area contributed by atoms with E-state index in [-0.39, 0.29) is 0 Å². The molecule has 0 saturated heterocycles. The number of aliphatic imine (C=N–C) groups is 1. The molecule has 0 aliphatic carbocycles. The van der Waals surface area contributed by atoms with E-state index in [0.717, 1.165) is 39.3 Å². The predicted molar refractivity (Wildman–Crippen MR) is 135 cm³/mol. The van der Waals surface area contributed by atoms with Crippen LogP contribution < -0.4 is 11.1 Å². The highest BCUT2D eigenvalue weighted by molar-refractivity contribution is 5.83. The van der Waals surface area contributed by atoms with Crippen molar-refractivity contribution >= 4 is 5.84 Å². The zero-order chi connectivity index (χ0) is 21.5. The Morgan fingerprint density at radius 2 is 1.23 bits per heavy atom. The molecule has 0 aromatic heterocycles. The van der Waals surface area contributed by atoms with Crippen molar-refractivity contribution in [3.8, 4) is 0 Å². The van der Waals surface area contributed by atoms with Crippen LogP contribution in [-0.2, 0) is 0 Å². The summed E-state index contributed by atoms with van der Waals surface area (Å²) in [6.45, 7) is 8.14. The van der Waals surface area contributed by atoms with Gasteiger partial charge in [-0.2, -0.15) is 0 Å². The third-order valence-electron chi connectivity index (χ3n) is 6.41. The first kappa shape index (κ1) is 27.4. The Hall–Kier alpha value is -0.610. The molecular weight excluding hydrogens is 368 g/mol. The van der Waals surface area contributed by atoms with Crippen LogP contribution in [0.2, 0.25) is 0 Å². The molecular formula is C26H54N4. The van der Waals surface area contributed by atoms with Crippen molar-refractivity contribution in [2.75, 3.05) is 39.3 Å². The molecule has 0 atom stereocenters. The fraction of sp³-hybridized carbons (Fsp3) is 0.962. The predicted octanol–water partition coefficient (Wildman–Crippen LogP) is 6.29. The van der Waals surface area contributed by atoms with E-state index in [1.807, 2.05) is 0 Å². The van der Waals surface area contributed by atoms with Crippen LogP contribution in [-0.4, -0.2) is 50.0 Å². The van der Waals surface area contributed by atoms with Crippen LogP contribution in [0.25, 0.3) is 0 Å². The van der Waals surface area contributed by atoms with E-state index in [9.17, 15) is 0 Å². The van der Waals surface area contributed by atoms with Crippen LogP contribution in [0.4, 0.5) is 0 Å². The van der Waals surface area contributed by atoms with Crippen molar-refractivity contribution in [2.45, 2.75) is 122 Å². The Morgan fingerprint density at radius 1 is 0.733 bits per heavy atom. The number of nitrogens with one attached hydrogen (secondary N) is 1. The minimum atomic E-state index is 0.722. The van der Waals surface area contributed by atoms with Gasteiger partial charge in [-0.15, -0.1) is 0 Å². The summed E-state index contributed by atoms with van der Waals surface area (Å²) in [5.74, 6) is 1.35. The smallest absolute Gasteiger partial charge is 0.0990 e. The van der Waals surface area contributed by atoms with E-state index >= 15 is 0 Å². The summed E-state index contributed by atoms with van der Waals surface area (Å²) < 4.78 is 0. The van der Waals surface area contributed by atoms with Gasteiger partial charge < -0.3 is 16.0 Å². The Bertz CT molecular complexity index is 383. The average Bonchev–Trinajstić information content (AvgIpc) is 3.20. The summed E-state index contributed by atoms with van der Waals surface area (Å²) in [4.78, 5) is 7.19. The molecule has 178 valence electrons. The lowest BCUT2D eigenvalue weighted by atomic mass is 10.0. The Kier molecular flexibility index (Phi) is 19.8. The van der Waals surface area contributed by atoms with Gasteiger partial charge in [-0.3, -0.25) is 4.99 Å². The largest absolute Gasteiger partial charge is 0.357 e. The first-order chi connectivity index (χ1) is 14.9. The van der Waals surface area contributed by atoms with Crippen LogP contribution in [0.3, 0.4) is 0 Å². The highest BCUT2D eigenvalue weighted by atomic mass is 15.2. The zero-order valence-corrected chi connectivity index (χ0v) is 20.4. The SMILES string of the molecule is CCCCCCCCCCCCCCCCCCCC1=NCCN1CCNCCN. The van der Waals surface area contributed by atoms with Gasteiger partial charge in [-0.1, -0.05) is 110 Å². The summed E-state index contributed by atoms with van der Waals surface area (Å²) in [5, 5.41) is 3.39. The summed E-state index contributed by atoms with van der Waals surface area (Å²) in [5.41, 5.74) is 5.53. The molecule has 0 bridgehead atoms. The van der Waals surface area contributed by atoms with Crippen LogP contribution in [0.15, 0.2) is 4.99 Å². The molecule has 30 heavy (non-hydrogen) atoms. The molecule has 1 aliphatic rings. The van der Waals surface area contributed by atoms with Crippen molar-refractivity contribution in [1.82, 2.24) is 10.2 Å². The van der Waals surface area contributed by atoms with Crippen molar-refractivity contribution in [3.63, 3.8) is 0 Å². The summed E-state index contributed by atoms with van der Waals surface area (Å²) >= 11 is 0. The van der Waals surface area contributed by atoms with Crippen molar-refractivity contribution in [1.29, 1.82) is 0 Å². The van der Waals surface area contributed by atoms with Crippen molar-refractivity contribution in [2.24, 2.45) is 10.7 Å². The topological polar surface area (TPSA) is 53.6 Å². The van der Waals surface area contributed by atoms with Crippen LogP contribution in [0.1, 0.15) is 122 Å². The molecule has 4 nitrogen and oxygen atoms in total. The van der Waals surface area contributed by atoms with Crippen molar-refractivity contribution < 1.29 is 0 Å². The number of unbranched alkanes of at least 4 members (excludes halogenated alkanes) is 16. The number of nitrogens with two attached hydrogens (primary N) is 1. The standard InChI is InChI=1S/C26H54N4/c1-2-3-4-5-6-7-8-9-10-11-12-13-14-15-16-17-18-19-26-29-23-25-30(26)24-22-28-21-20-27/h28H,2-25,27H2,1H3. The molecule has 0 fully saturated rings. The second kappa shape index (κ2) is 21.6. The maximum absolute atomic E-state index is 5.53. The van der Waals surface area contributed by atoms with E-state index in [2.05, 4.69) is 17.1 Å². The fourth-order valence-corrected chi connectivity index (χ4v) is 4.46. The zero-order valence-electron chi connectivity index (χ0n) is 20.4. The molecule has 0 saturated carbocycles. The van der Waals surface area contributed by atoms with Gasteiger partial charge in [0.25, 0.3) is 0 Å². The Labute approximate surface area is 188 Å². The minimum Gasteiger partial charge on any atom is -0.357 e. The maximum Gasteiger partial charge on any atom is 0.0990 e. The van der Waals surface area contributed by atoms with Gasteiger partial charge in [0.1, 0.15) is 0 Å². The van der Waals surface area contributed by atoms with E-state index in [1.54, 1.807) is 0 Å². The second-order valence-corrected chi connectivity index (χ2v) is 9.23. The van der Waals surface area contributed by atoms with Gasteiger partial charge in [-0.25, -0.2) is 0 Å². The third kappa shape index (κ3) is 16.1. The maximum atomic E-state index is 5.53. The van der Waals surface area contributed by atoms with Crippen molar-refractivity contribution in [3.05, 3.63) is 0 Å². The van der Waals surface area contributed by atoms with E-state index < -0.39 is 0 Å². The molecule has 3 N–H and O–H groups in total. The van der Waals surface area contributed by atoms with Crippen LogP contribution in [0, 0.1) is 0 Å². The van der Waals surface area contributed by atoms with Gasteiger partial charge in [0.2, 0.25) is 0 Å². The lowest BCUT2D eigenvalue weighted by molar-refractivity contribution is 0.435. The summed E-state index contributed by atoms with van der Waals surface area (Å²) in [6.07, 6.45) is 25.6. The molecule has 0 amide bonds. The molecule has 0 radical (unpaired) electrons. The lowest BCUT2D eigenvalue weighted by Gasteiger charge is -2.20. The Balaban J connectivity index is 1.78. The average molecular weight is 423 g/mol. The summed E-state index contributed by atoms with van der Waals surface area (Å²) in [6, 6.07) is 0. The van der Waals surface area contributed by atoms with Gasteiger partial charge in [0, 0.05) is 39.1 Å². The molecule has 0 aromatic rings. The van der Waals surface area contributed by atoms with E-state index in [4.69, 9.17) is 10.7 Å². The number of nitrogens with zero attached hydrogens (tertiary/aromatic N) is 2. The Morgan fingerprint density at radius 3 is 1.73 bits per heavy atom. The number of hydrogen-bond acceptors (Lipinski definition) is 4. The molecule has 0 spiro atoms. The van der Waals surface area contributed by atoms with Gasteiger partial charge in [-0.05, 0) is 6.42 Å². The first-order valence-corrected chi connectivity index (χ1v) is 13.6. The molecule has 0 aromatic carbocycles.